The summed E-state index contributed by atoms with van der Waals surface area (Å²) in [5.41, 5.74) is 4.18. The third-order valence-electron chi connectivity index (χ3n) is 3.08. The molecule has 0 aliphatic rings. The van der Waals surface area contributed by atoms with E-state index in [0.717, 1.165) is 22.5 Å². The molecule has 0 N–H and O–H groups in total. The van der Waals surface area contributed by atoms with E-state index in [4.69, 9.17) is 0 Å². The van der Waals surface area contributed by atoms with Crippen LogP contribution in [0, 0.1) is 13.8 Å². The number of hydrogen-bond donors (Lipinski definition) is 0. The Hall–Kier alpha value is -2.62. The number of hydrogen-bond acceptors (Lipinski definition) is 4. The Balaban J connectivity index is 1.91. The van der Waals surface area contributed by atoms with Gasteiger partial charge in [-0.1, -0.05) is 29.8 Å². The Morgan fingerprint density at radius 3 is 1.75 bits per heavy atom. The van der Waals surface area contributed by atoms with Crippen molar-refractivity contribution in [2.75, 3.05) is 0 Å². The van der Waals surface area contributed by atoms with Gasteiger partial charge in [0.15, 0.2) is 5.82 Å². The summed E-state index contributed by atoms with van der Waals surface area (Å²) in [6.07, 6.45) is 7.13. The molecule has 0 atom stereocenters. The van der Waals surface area contributed by atoms with Gasteiger partial charge >= 0.3 is 0 Å². The maximum absolute atomic E-state index is 4.39. The summed E-state index contributed by atoms with van der Waals surface area (Å²) in [6.45, 7) is 3.92. The van der Waals surface area contributed by atoms with Gasteiger partial charge in [-0.25, -0.2) is 19.9 Å². The highest BCUT2D eigenvalue weighted by atomic mass is 14.9. The van der Waals surface area contributed by atoms with Gasteiger partial charge in [-0.05, 0) is 19.4 Å². The molecule has 0 saturated carbocycles. The zero-order chi connectivity index (χ0) is 13.9. The molecule has 20 heavy (non-hydrogen) atoms. The predicted octanol–water partition coefficient (Wildman–Crippen LogP) is 3.22. The zero-order valence-electron chi connectivity index (χ0n) is 11.4. The van der Waals surface area contributed by atoms with Crippen LogP contribution >= 0.6 is 0 Å². The highest BCUT2D eigenvalue weighted by Gasteiger charge is 2.04. The van der Waals surface area contributed by atoms with Crippen molar-refractivity contribution in [3.63, 3.8) is 0 Å². The molecule has 3 rings (SSSR count). The van der Waals surface area contributed by atoms with Gasteiger partial charge in [-0.2, -0.15) is 0 Å². The van der Waals surface area contributed by atoms with E-state index >= 15 is 0 Å². The van der Waals surface area contributed by atoms with Crippen LogP contribution in [0.4, 0.5) is 0 Å². The number of aryl methyl sites for hydroxylation is 2. The average Bonchev–Trinajstić information content (AvgIpc) is 2.49. The lowest BCUT2D eigenvalue weighted by Gasteiger charge is -2.03. The Kier molecular flexibility index (Phi) is 3.21. The topological polar surface area (TPSA) is 51.6 Å². The third-order valence-corrected chi connectivity index (χ3v) is 3.08. The maximum atomic E-state index is 4.39. The lowest BCUT2D eigenvalue weighted by atomic mass is 10.1. The second-order valence-electron chi connectivity index (χ2n) is 4.68. The van der Waals surface area contributed by atoms with E-state index in [9.17, 15) is 0 Å². The molecular weight excluding hydrogens is 248 g/mol. The SMILES string of the molecule is Cc1ccc(-c2cnc(-c3cnc(C)nc3)nc2)cc1. The van der Waals surface area contributed by atoms with Gasteiger partial charge in [0.2, 0.25) is 0 Å². The fourth-order valence-electron chi connectivity index (χ4n) is 1.88. The molecule has 98 valence electrons. The standard InChI is InChI=1S/C16H14N4/c1-11-3-5-13(6-4-11)14-7-19-16(20-8-14)15-9-17-12(2)18-10-15/h3-10H,1-2H3. The van der Waals surface area contributed by atoms with E-state index in [2.05, 4.69) is 51.1 Å². The van der Waals surface area contributed by atoms with Crippen molar-refractivity contribution in [1.82, 2.24) is 19.9 Å². The van der Waals surface area contributed by atoms with Crippen LogP contribution in [-0.2, 0) is 0 Å². The van der Waals surface area contributed by atoms with Crippen molar-refractivity contribution >= 4 is 0 Å². The van der Waals surface area contributed by atoms with E-state index in [1.54, 1.807) is 12.4 Å². The molecule has 2 heterocycles. The molecule has 0 bridgehead atoms. The second-order valence-corrected chi connectivity index (χ2v) is 4.68. The van der Waals surface area contributed by atoms with Gasteiger partial charge < -0.3 is 0 Å². The van der Waals surface area contributed by atoms with Crippen LogP contribution in [0.1, 0.15) is 11.4 Å². The molecule has 2 aromatic heterocycles. The van der Waals surface area contributed by atoms with E-state index in [1.807, 2.05) is 19.3 Å². The Morgan fingerprint density at radius 1 is 0.600 bits per heavy atom. The molecule has 0 spiro atoms. The number of nitrogens with zero attached hydrogens (tertiary/aromatic N) is 4. The van der Waals surface area contributed by atoms with Crippen LogP contribution in [0.15, 0.2) is 49.1 Å². The minimum absolute atomic E-state index is 0.640. The zero-order valence-corrected chi connectivity index (χ0v) is 11.4. The number of aromatic nitrogens is 4. The average molecular weight is 262 g/mol. The summed E-state index contributed by atoms with van der Waals surface area (Å²) in [4.78, 5) is 17.1. The normalized spacial score (nSPS) is 10.5. The fraction of sp³-hybridized carbons (Fsp3) is 0.125. The minimum atomic E-state index is 0.640. The first kappa shape index (κ1) is 12.4. The molecule has 0 fully saturated rings. The van der Waals surface area contributed by atoms with Gasteiger partial charge in [0, 0.05) is 30.4 Å². The molecule has 0 unspecified atom stereocenters. The first-order valence-electron chi connectivity index (χ1n) is 6.40. The number of rotatable bonds is 2. The molecule has 4 heteroatoms. The van der Waals surface area contributed by atoms with Crippen LogP contribution in [0.2, 0.25) is 0 Å². The van der Waals surface area contributed by atoms with Crippen molar-refractivity contribution in [2.24, 2.45) is 0 Å². The molecule has 3 aromatic rings. The highest BCUT2D eigenvalue weighted by molar-refractivity contribution is 5.63. The van der Waals surface area contributed by atoms with E-state index in [0.29, 0.717) is 5.82 Å². The van der Waals surface area contributed by atoms with Gasteiger partial charge in [-0.3, -0.25) is 0 Å². The van der Waals surface area contributed by atoms with Crippen molar-refractivity contribution in [2.45, 2.75) is 13.8 Å². The maximum Gasteiger partial charge on any atom is 0.162 e. The molecule has 0 radical (unpaired) electrons. The Labute approximate surface area is 117 Å². The summed E-state index contributed by atoms with van der Waals surface area (Å²) in [7, 11) is 0. The van der Waals surface area contributed by atoms with Crippen molar-refractivity contribution in [1.29, 1.82) is 0 Å². The van der Waals surface area contributed by atoms with Crippen LogP contribution in [0.3, 0.4) is 0 Å². The van der Waals surface area contributed by atoms with Crippen LogP contribution in [-0.4, -0.2) is 19.9 Å². The predicted molar refractivity (Wildman–Crippen MR) is 78.0 cm³/mol. The molecular formula is C16H14N4. The highest BCUT2D eigenvalue weighted by Crippen LogP contribution is 2.20. The monoisotopic (exact) mass is 262 g/mol. The Bertz CT molecular complexity index is 636. The van der Waals surface area contributed by atoms with Crippen molar-refractivity contribution in [3.05, 3.63) is 60.4 Å². The quantitative estimate of drug-likeness (QED) is 0.711. The largest absolute Gasteiger partial charge is 0.241 e. The molecule has 4 nitrogen and oxygen atoms in total. The summed E-state index contributed by atoms with van der Waals surface area (Å²) < 4.78 is 0. The molecule has 0 aliphatic carbocycles. The van der Waals surface area contributed by atoms with Gasteiger partial charge in [0.25, 0.3) is 0 Å². The smallest absolute Gasteiger partial charge is 0.162 e. The summed E-state index contributed by atoms with van der Waals surface area (Å²) in [6, 6.07) is 8.31. The fourth-order valence-corrected chi connectivity index (χ4v) is 1.88. The minimum Gasteiger partial charge on any atom is -0.241 e. The molecule has 0 amide bonds. The van der Waals surface area contributed by atoms with Gasteiger partial charge in [0.05, 0.1) is 5.56 Å². The van der Waals surface area contributed by atoms with Crippen LogP contribution in [0.5, 0.6) is 0 Å². The summed E-state index contributed by atoms with van der Waals surface area (Å²) in [5, 5.41) is 0. The van der Waals surface area contributed by atoms with E-state index in [1.165, 1.54) is 5.56 Å². The summed E-state index contributed by atoms with van der Waals surface area (Å²) >= 11 is 0. The molecule has 0 aliphatic heterocycles. The lowest BCUT2D eigenvalue weighted by Crippen LogP contribution is -1.93. The molecule has 0 saturated heterocycles. The van der Waals surface area contributed by atoms with Gasteiger partial charge in [0.1, 0.15) is 5.82 Å². The van der Waals surface area contributed by atoms with Crippen LogP contribution < -0.4 is 0 Å². The Morgan fingerprint density at radius 2 is 1.15 bits per heavy atom. The van der Waals surface area contributed by atoms with Crippen molar-refractivity contribution < 1.29 is 0 Å². The van der Waals surface area contributed by atoms with E-state index in [-0.39, 0.29) is 0 Å². The van der Waals surface area contributed by atoms with Crippen molar-refractivity contribution in [3.8, 4) is 22.5 Å². The molecule has 1 aromatic carbocycles. The number of benzene rings is 1. The van der Waals surface area contributed by atoms with Gasteiger partial charge in [-0.15, -0.1) is 0 Å². The summed E-state index contributed by atoms with van der Waals surface area (Å²) in [5.74, 6) is 1.38. The van der Waals surface area contributed by atoms with Crippen LogP contribution in [0.25, 0.3) is 22.5 Å². The second kappa shape index (κ2) is 5.17. The lowest BCUT2D eigenvalue weighted by molar-refractivity contribution is 1.04. The van der Waals surface area contributed by atoms with E-state index < -0.39 is 0 Å². The first-order chi connectivity index (χ1) is 9.72. The third kappa shape index (κ3) is 2.54. The first-order valence-corrected chi connectivity index (χ1v) is 6.40.